The van der Waals surface area contributed by atoms with Crippen molar-refractivity contribution in [3.8, 4) is 6.07 Å². The number of hydrogen-bond donors (Lipinski definition) is 1. The number of carbonyl (C=O) groups is 1. The molecule has 0 aromatic heterocycles. The molecule has 1 amide bonds. The molecule has 152 valence electrons. The van der Waals surface area contributed by atoms with Crippen molar-refractivity contribution in [1.82, 2.24) is 15.1 Å². The van der Waals surface area contributed by atoms with Crippen molar-refractivity contribution in [2.24, 2.45) is 0 Å². The van der Waals surface area contributed by atoms with E-state index >= 15 is 0 Å². The van der Waals surface area contributed by atoms with E-state index in [0.717, 1.165) is 49.6 Å². The summed E-state index contributed by atoms with van der Waals surface area (Å²) in [5.74, 6) is 1.24. The number of carbonyl (C=O) groups excluding carboxylic acids is 1. The van der Waals surface area contributed by atoms with Crippen LogP contribution >= 0.6 is 11.8 Å². The van der Waals surface area contributed by atoms with E-state index in [1.54, 1.807) is 11.8 Å². The molecule has 1 saturated heterocycles. The Bertz CT molecular complexity index is 839. The summed E-state index contributed by atoms with van der Waals surface area (Å²) in [4.78, 5) is 17.0. The lowest BCUT2D eigenvalue weighted by Crippen LogP contribution is -2.43. The number of piperazine rings is 1. The van der Waals surface area contributed by atoms with E-state index in [1.807, 2.05) is 24.3 Å². The Hall–Kier alpha value is -2.33. The average Bonchev–Trinajstić information content (AvgIpc) is 2.75. The minimum atomic E-state index is 0.0492. The minimum absolute atomic E-state index is 0.0492. The Labute approximate surface area is 177 Å². The fraction of sp³-hybridized carbons (Fsp3) is 0.391. The van der Waals surface area contributed by atoms with Crippen LogP contribution in [0, 0.1) is 11.3 Å². The first-order chi connectivity index (χ1) is 14.1. The molecular weight excluding hydrogens is 380 g/mol. The van der Waals surface area contributed by atoms with Crippen LogP contribution in [0.2, 0.25) is 0 Å². The normalized spacial score (nSPS) is 15.0. The minimum Gasteiger partial charge on any atom is -0.351 e. The second-order valence-electron chi connectivity index (χ2n) is 7.48. The molecule has 1 aliphatic rings. The predicted octanol–water partition coefficient (Wildman–Crippen LogP) is 2.86. The molecular formula is C23H28N4OS. The molecule has 6 heteroatoms. The summed E-state index contributed by atoms with van der Waals surface area (Å²) in [7, 11) is 2.17. The molecule has 1 N–H and O–H groups in total. The van der Waals surface area contributed by atoms with Crippen LogP contribution in [0.5, 0.6) is 0 Å². The van der Waals surface area contributed by atoms with Crippen molar-refractivity contribution in [3.63, 3.8) is 0 Å². The quantitative estimate of drug-likeness (QED) is 0.728. The van der Waals surface area contributed by atoms with E-state index in [2.05, 4.69) is 52.5 Å². The zero-order valence-electron chi connectivity index (χ0n) is 16.9. The Morgan fingerprint density at radius 2 is 1.79 bits per heavy atom. The van der Waals surface area contributed by atoms with E-state index in [9.17, 15) is 4.79 Å². The second kappa shape index (κ2) is 11.0. The predicted molar refractivity (Wildman–Crippen MR) is 118 cm³/mol. The van der Waals surface area contributed by atoms with Crippen molar-refractivity contribution in [1.29, 1.82) is 5.26 Å². The summed E-state index contributed by atoms with van der Waals surface area (Å²) in [5.41, 5.74) is 4.23. The SMILES string of the molecule is CN1CCN(Cc2cccc(CNC(=O)CSCc3ccc(C#N)cc3)c2)CC1. The molecule has 0 bridgehead atoms. The highest BCUT2D eigenvalue weighted by molar-refractivity contribution is 7.99. The fourth-order valence-electron chi connectivity index (χ4n) is 3.29. The molecule has 1 heterocycles. The van der Waals surface area contributed by atoms with Crippen molar-refractivity contribution < 1.29 is 4.79 Å². The van der Waals surface area contributed by atoms with Gasteiger partial charge < -0.3 is 10.2 Å². The maximum atomic E-state index is 12.2. The van der Waals surface area contributed by atoms with E-state index < -0.39 is 0 Å². The van der Waals surface area contributed by atoms with Crippen LogP contribution in [0.3, 0.4) is 0 Å². The van der Waals surface area contributed by atoms with Crippen LogP contribution < -0.4 is 5.32 Å². The van der Waals surface area contributed by atoms with Gasteiger partial charge in [-0.25, -0.2) is 0 Å². The molecule has 0 aliphatic carbocycles. The zero-order chi connectivity index (χ0) is 20.5. The van der Waals surface area contributed by atoms with Crippen molar-refractivity contribution in [3.05, 3.63) is 70.8 Å². The van der Waals surface area contributed by atoms with Crippen molar-refractivity contribution in [2.75, 3.05) is 39.0 Å². The molecule has 0 saturated carbocycles. The lowest BCUT2D eigenvalue weighted by atomic mass is 10.1. The lowest BCUT2D eigenvalue weighted by Gasteiger charge is -2.32. The van der Waals surface area contributed by atoms with Gasteiger partial charge >= 0.3 is 0 Å². The van der Waals surface area contributed by atoms with Gasteiger partial charge in [-0.05, 0) is 35.9 Å². The first-order valence-corrected chi connectivity index (χ1v) is 11.1. The van der Waals surface area contributed by atoms with Crippen LogP contribution in [0.4, 0.5) is 0 Å². The highest BCUT2D eigenvalue weighted by Crippen LogP contribution is 2.13. The summed E-state index contributed by atoms with van der Waals surface area (Å²) in [5, 5.41) is 11.8. The summed E-state index contributed by atoms with van der Waals surface area (Å²) < 4.78 is 0. The molecule has 0 atom stereocenters. The van der Waals surface area contributed by atoms with Crippen molar-refractivity contribution >= 4 is 17.7 Å². The number of likely N-dealkylation sites (N-methyl/N-ethyl adjacent to an activating group) is 1. The number of nitrogens with one attached hydrogen (secondary N) is 1. The van der Waals surface area contributed by atoms with Gasteiger partial charge in [0.1, 0.15) is 0 Å². The number of hydrogen-bond acceptors (Lipinski definition) is 5. The average molecular weight is 409 g/mol. The van der Waals surface area contributed by atoms with Crippen LogP contribution in [-0.4, -0.2) is 54.7 Å². The fourth-order valence-corrected chi connectivity index (χ4v) is 4.11. The highest BCUT2D eigenvalue weighted by Gasteiger charge is 2.14. The van der Waals surface area contributed by atoms with Crippen LogP contribution in [-0.2, 0) is 23.6 Å². The van der Waals surface area contributed by atoms with Gasteiger partial charge in [-0.3, -0.25) is 9.69 Å². The Kier molecular flexibility index (Phi) is 8.12. The third-order valence-corrected chi connectivity index (χ3v) is 6.07. The van der Waals surface area contributed by atoms with Crippen LogP contribution in [0.25, 0.3) is 0 Å². The summed E-state index contributed by atoms with van der Waals surface area (Å²) in [6.07, 6.45) is 0. The van der Waals surface area contributed by atoms with Crippen molar-refractivity contribution in [2.45, 2.75) is 18.8 Å². The van der Waals surface area contributed by atoms with Gasteiger partial charge in [0, 0.05) is 45.0 Å². The number of nitriles is 1. The van der Waals surface area contributed by atoms with E-state index in [1.165, 1.54) is 5.56 Å². The van der Waals surface area contributed by atoms with Gasteiger partial charge in [-0.15, -0.1) is 11.8 Å². The Morgan fingerprint density at radius 1 is 1.07 bits per heavy atom. The topological polar surface area (TPSA) is 59.4 Å². The molecule has 0 unspecified atom stereocenters. The van der Waals surface area contributed by atoms with Crippen LogP contribution in [0.1, 0.15) is 22.3 Å². The standard InChI is InChI=1S/C23H28N4OS/c1-26-9-11-27(12-10-26)16-22-4-2-3-21(13-22)15-25-23(28)18-29-17-20-7-5-19(14-24)6-8-20/h2-8,13H,9-12,15-18H2,1H3,(H,25,28). The molecule has 0 radical (unpaired) electrons. The van der Waals surface area contributed by atoms with Gasteiger partial charge in [0.15, 0.2) is 0 Å². The first-order valence-electron chi connectivity index (χ1n) is 9.94. The van der Waals surface area contributed by atoms with E-state index in [-0.39, 0.29) is 5.91 Å². The molecule has 1 fully saturated rings. The van der Waals surface area contributed by atoms with Gasteiger partial charge in [-0.1, -0.05) is 36.4 Å². The molecule has 0 spiro atoms. The van der Waals surface area contributed by atoms with Gasteiger partial charge in [0.2, 0.25) is 5.91 Å². The first kappa shape index (κ1) is 21.4. The Balaban J connectivity index is 1.38. The third-order valence-electron chi connectivity index (χ3n) is 5.07. The Morgan fingerprint density at radius 3 is 2.52 bits per heavy atom. The largest absolute Gasteiger partial charge is 0.351 e. The van der Waals surface area contributed by atoms with E-state index in [0.29, 0.717) is 17.9 Å². The summed E-state index contributed by atoms with van der Waals surface area (Å²) >= 11 is 1.58. The van der Waals surface area contributed by atoms with Gasteiger partial charge in [-0.2, -0.15) is 5.26 Å². The maximum absolute atomic E-state index is 12.2. The molecule has 1 aliphatic heterocycles. The highest BCUT2D eigenvalue weighted by atomic mass is 32.2. The second-order valence-corrected chi connectivity index (χ2v) is 8.46. The summed E-state index contributed by atoms with van der Waals surface area (Å²) in [6, 6.07) is 18.1. The monoisotopic (exact) mass is 408 g/mol. The van der Waals surface area contributed by atoms with Gasteiger partial charge in [0.25, 0.3) is 0 Å². The lowest BCUT2D eigenvalue weighted by molar-refractivity contribution is -0.118. The number of amides is 1. The number of nitrogens with zero attached hydrogens (tertiary/aromatic N) is 3. The number of benzene rings is 2. The number of rotatable bonds is 8. The number of thioether (sulfide) groups is 1. The summed E-state index contributed by atoms with van der Waals surface area (Å²) in [6.45, 7) is 5.98. The maximum Gasteiger partial charge on any atom is 0.230 e. The molecule has 29 heavy (non-hydrogen) atoms. The van der Waals surface area contributed by atoms with E-state index in [4.69, 9.17) is 5.26 Å². The van der Waals surface area contributed by atoms with Crippen LogP contribution in [0.15, 0.2) is 48.5 Å². The zero-order valence-corrected chi connectivity index (χ0v) is 17.8. The molecule has 5 nitrogen and oxygen atoms in total. The third kappa shape index (κ3) is 7.21. The molecule has 2 aromatic carbocycles. The van der Waals surface area contributed by atoms with Gasteiger partial charge in [0.05, 0.1) is 17.4 Å². The molecule has 2 aromatic rings. The molecule has 3 rings (SSSR count). The smallest absolute Gasteiger partial charge is 0.230 e.